The van der Waals surface area contributed by atoms with Gasteiger partial charge < -0.3 is 9.87 Å². The molecule has 1 unspecified atom stereocenters. The molecule has 1 heterocycles. The molecule has 0 aliphatic carbocycles. The van der Waals surface area contributed by atoms with E-state index in [1.807, 2.05) is 0 Å². The van der Waals surface area contributed by atoms with Crippen molar-refractivity contribution in [3.05, 3.63) is 0 Å². The molecule has 0 aromatic rings. The summed E-state index contributed by atoms with van der Waals surface area (Å²) in [6, 6.07) is 0. The van der Waals surface area contributed by atoms with Crippen LogP contribution in [0.2, 0.25) is 0 Å². The molecule has 0 aromatic heterocycles. The smallest absolute Gasteiger partial charge is 0.173 e. The van der Waals surface area contributed by atoms with Crippen molar-refractivity contribution in [2.75, 3.05) is 13.1 Å². The maximum atomic E-state index is 10.0. The molecule has 4 nitrogen and oxygen atoms in total. The molecule has 0 spiro atoms. The molecule has 0 saturated carbocycles. The summed E-state index contributed by atoms with van der Waals surface area (Å²) < 4.78 is 20.0. The monoisotopic (exact) mass is 133 g/mol. The highest BCUT2D eigenvalue weighted by Gasteiger charge is 2.02. The van der Waals surface area contributed by atoms with Crippen molar-refractivity contribution < 1.29 is 8.76 Å². The zero-order valence-corrected chi connectivity index (χ0v) is 4.90. The van der Waals surface area contributed by atoms with Gasteiger partial charge in [-0.1, -0.05) is 0 Å². The van der Waals surface area contributed by atoms with E-state index in [2.05, 4.69) is 10.3 Å². The first-order valence-corrected chi connectivity index (χ1v) is 3.26. The molecule has 0 amide bonds. The summed E-state index contributed by atoms with van der Waals surface area (Å²) in [4.78, 5) is 3.63. The highest BCUT2D eigenvalue weighted by molar-refractivity contribution is 7.95. The van der Waals surface area contributed by atoms with E-state index in [0.717, 1.165) is 0 Å². The maximum Gasteiger partial charge on any atom is 0.173 e. The summed E-state index contributed by atoms with van der Waals surface area (Å²) in [6.45, 7) is 1.21. The highest BCUT2D eigenvalue weighted by atomic mass is 32.2. The average Bonchev–Trinajstić information content (AvgIpc) is 2.12. The van der Waals surface area contributed by atoms with Gasteiger partial charge in [-0.15, -0.1) is 0 Å². The third-order valence-corrected chi connectivity index (χ3v) is 1.39. The lowest BCUT2D eigenvalue weighted by Crippen LogP contribution is -2.22. The zero-order valence-electron chi connectivity index (χ0n) is 4.09. The van der Waals surface area contributed by atoms with Gasteiger partial charge >= 0.3 is 0 Å². The van der Waals surface area contributed by atoms with Crippen LogP contribution in [0, 0.1) is 0 Å². The second kappa shape index (κ2) is 2.23. The molecule has 5 heteroatoms. The van der Waals surface area contributed by atoms with Crippen LogP contribution in [0.3, 0.4) is 0 Å². The minimum atomic E-state index is -2.15. The fraction of sp³-hybridized carbons (Fsp3) is 0.667. The number of hydrogen-bond acceptors (Lipinski definition) is 4. The standard InChI is InChI=1S/C3H6N2O2S/c6-8(7)3-4-1-2-5-3/h1-2H2,(H,4,5)(H,6,7)/p-1. The number of amidine groups is 1. The fourth-order valence-corrected chi connectivity index (χ4v) is 0.904. The third-order valence-electron chi connectivity index (χ3n) is 0.801. The highest BCUT2D eigenvalue weighted by Crippen LogP contribution is 1.86. The lowest BCUT2D eigenvalue weighted by Gasteiger charge is -2.02. The van der Waals surface area contributed by atoms with Crippen LogP contribution in [0.4, 0.5) is 0 Å². The number of aliphatic imine (C=N–C) groups is 1. The van der Waals surface area contributed by atoms with Crippen LogP contribution < -0.4 is 5.32 Å². The van der Waals surface area contributed by atoms with Crippen molar-refractivity contribution in [2.24, 2.45) is 4.99 Å². The summed E-state index contributed by atoms with van der Waals surface area (Å²) >= 11 is -2.15. The first-order valence-electron chi connectivity index (χ1n) is 2.18. The van der Waals surface area contributed by atoms with Crippen LogP contribution in [-0.2, 0) is 11.1 Å². The van der Waals surface area contributed by atoms with Gasteiger partial charge in [-0.25, -0.2) is 0 Å². The van der Waals surface area contributed by atoms with Gasteiger partial charge in [-0.3, -0.25) is 9.20 Å². The summed E-state index contributed by atoms with van der Waals surface area (Å²) in [6.07, 6.45) is 0. The van der Waals surface area contributed by atoms with E-state index in [1.165, 1.54) is 0 Å². The summed E-state index contributed by atoms with van der Waals surface area (Å²) in [5.41, 5.74) is 0. The molecule has 8 heavy (non-hydrogen) atoms. The van der Waals surface area contributed by atoms with E-state index in [1.54, 1.807) is 0 Å². The predicted molar refractivity (Wildman–Crippen MR) is 29.2 cm³/mol. The Hall–Kier alpha value is -0.420. The molecular weight excluding hydrogens is 128 g/mol. The average molecular weight is 133 g/mol. The van der Waals surface area contributed by atoms with Gasteiger partial charge in [0.05, 0.1) is 6.54 Å². The largest absolute Gasteiger partial charge is 0.766 e. The minimum absolute atomic E-state index is 0.0880. The zero-order chi connectivity index (χ0) is 5.98. The van der Waals surface area contributed by atoms with Gasteiger partial charge in [0, 0.05) is 17.6 Å². The molecule has 1 rings (SSSR count). The first-order chi connectivity index (χ1) is 3.80. The van der Waals surface area contributed by atoms with Crippen molar-refractivity contribution in [1.29, 1.82) is 0 Å². The Balaban J connectivity index is 2.57. The van der Waals surface area contributed by atoms with Crippen molar-refractivity contribution in [3.8, 4) is 0 Å². The molecule has 1 aliphatic heterocycles. The van der Waals surface area contributed by atoms with Crippen molar-refractivity contribution in [3.63, 3.8) is 0 Å². The van der Waals surface area contributed by atoms with Crippen LogP contribution in [0.15, 0.2) is 4.99 Å². The maximum absolute atomic E-state index is 10.0. The normalized spacial score (nSPS) is 21.9. The van der Waals surface area contributed by atoms with Crippen LogP contribution in [0.25, 0.3) is 0 Å². The molecule has 0 bridgehead atoms. The van der Waals surface area contributed by atoms with Crippen LogP contribution in [0.1, 0.15) is 0 Å². The second-order valence-electron chi connectivity index (χ2n) is 1.35. The van der Waals surface area contributed by atoms with Gasteiger partial charge in [-0.05, 0) is 0 Å². The molecule has 1 aliphatic rings. The van der Waals surface area contributed by atoms with Gasteiger partial charge in [-0.2, -0.15) is 0 Å². The summed E-state index contributed by atoms with van der Waals surface area (Å²) in [5, 5.41) is 2.68. The van der Waals surface area contributed by atoms with Crippen molar-refractivity contribution in [2.45, 2.75) is 0 Å². The van der Waals surface area contributed by atoms with E-state index < -0.39 is 11.1 Å². The Morgan fingerprint density at radius 3 is 2.88 bits per heavy atom. The third kappa shape index (κ3) is 1.05. The second-order valence-corrected chi connectivity index (χ2v) is 2.20. The minimum Gasteiger partial charge on any atom is -0.766 e. The van der Waals surface area contributed by atoms with E-state index in [4.69, 9.17) is 0 Å². The number of rotatable bonds is 0. The SMILES string of the molecule is O=S([O-])C1=NCCN1. The fourth-order valence-electron chi connectivity index (χ4n) is 0.488. The van der Waals surface area contributed by atoms with Gasteiger partial charge in [0.25, 0.3) is 0 Å². The van der Waals surface area contributed by atoms with Gasteiger partial charge in [0.2, 0.25) is 0 Å². The summed E-state index contributed by atoms with van der Waals surface area (Å²) in [7, 11) is 0. The van der Waals surface area contributed by atoms with Crippen molar-refractivity contribution >= 4 is 16.2 Å². The molecule has 0 saturated heterocycles. The molecule has 0 radical (unpaired) electrons. The quantitative estimate of drug-likeness (QED) is 0.423. The Bertz CT molecular complexity index is 144. The predicted octanol–water partition coefficient (Wildman–Crippen LogP) is -1.18. The molecule has 1 atom stereocenters. The first kappa shape index (κ1) is 5.71. The Kier molecular flexibility index (Phi) is 1.59. The van der Waals surface area contributed by atoms with Crippen LogP contribution in [-0.4, -0.2) is 27.0 Å². The van der Waals surface area contributed by atoms with E-state index >= 15 is 0 Å². The number of nitrogens with one attached hydrogen (secondary N) is 1. The lowest BCUT2D eigenvalue weighted by molar-refractivity contribution is 0.548. The lowest BCUT2D eigenvalue weighted by atomic mass is 10.7. The molecule has 46 valence electrons. The Morgan fingerprint density at radius 1 is 1.88 bits per heavy atom. The van der Waals surface area contributed by atoms with E-state index in [0.29, 0.717) is 13.1 Å². The van der Waals surface area contributed by atoms with Crippen LogP contribution in [0.5, 0.6) is 0 Å². The number of hydrogen-bond donors (Lipinski definition) is 1. The van der Waals surface area contributed by atoms with E-state index in [9.17, 15) is 8.76 Å². The summed E-state index contributed by atoms with van der Waals surface area (Å²) in [5.74, 6) is 0. The van der Waals surface area contributed by atoms with E-state index in [-0.39, 0.29) is 5.17 Å². The topological polar surface area (TPSA) is 64.5 Å². The Labute approximate surface area is 49.3 Å². The molecule has 0 fully saturated rings. The molecule has 0 aromatic carbocycles. The molecule has 1 N–H and O–H groups in total. The van der Waals surface area contributed by atoms with Crippen molar-refractivity contribution in [1.82, 2.24) is 5.32 Å². The number of nitrogens with zero attached hydrogens (tertiary/aromatic N) is 1. The molecular formula is C3H5N2O2S-. The van der Waals surface area contributed by atoms with Crippen LogP contribution >= 0.6 is 0 Å². The Morgan fingerprint density at radius 2 is 2.62 bits per heavy atom. The van der Waals surface area contributed by atoms with Gasteiger partial charge in [0.15, 0.2) is 5.17 Å². The van der Waals surface area contributed by atoms with Gasteiger partial charge in [0.1, 0.15) is 0 Å².